The molecule has 0 spiro atoms. The minimum atomic E-state index is -0.871. The van der Waals surface area contributed by atoms with Crippen LogP contribution in [-0.2, 0) is 14.3 Å². The molecule has 2 heterocycles. The molecule has 0 unspecified atom stereocenters. The molecule has 4 aromatic rings. The Morgan fingerprint density at radius 2 is 1.74 bits per heavy atom. The van der Waals surface area contributed by atoms with Gasteiger partial charge in [0.1, 0.15) is 5.75 Å². The van der Waals surface area contributed by atoms with Crippen molar-refractivity contribution >= 4 is 35.0 Å². The molecule has 1 atom stereocenters. The molecule has 9 nitrogen and oxygen atoms in total. The lowest BCUT2D eigenvalue weighted by Gasteiger charge is -2.26. The van der Waals surface area contributed by atoms with E-state index in [1.54, 1.807) is 55.5 Å². The first-order valence-corrected chi connectivity index (χ1v) is 13.9. The predicted octanol–water partition coefficient (Wildman–Crippen LogP) is 3.88. The highest BCUT2D eigenvalue weighted by Gasteiger charge is 2.35. The highest BCUT2D eigenvalue weighted by molar-refractivity contribution is 7.07. The third kappa shape index (κ3) is 5.61. The molecule has 0 amide bonds. The normalized spacial score (nSPS) is 14.6. The lowest BCUT2D eigenvalue weighted by atomic mass is 9.93. The molecule has 0 fully saturated rings. The maximum absolute atomic E-state index is 14.1. The summed E-state index contributed by atoms with van der Waals surface area (Å²) in [5.41, 5.74) is 2.28. The van der Waals surface area contributed by atoms with Crippen LogP contribution in [0.3, 0.4) is 0 Å². The van der Waals surface area contributed by atoms with Gasteiger partial charge in [-0.15, -0.1) is 0 Å². The highest BCUT2D eigenvalue weighted by Crippen LogP contribution is 2.38. The van der Waals surface area contributed by atoms with Gasteiger partial charge in [-0.1, -0.05) is 59.9 Å². The van der Waals surface area contributed by atoms with Crippen molar-refractivity contribution in [1.29, 1.82) is 0 Å². The average Bonchev–Trinajstić information content (AvgIpc) is 3.30. The number of methoxy groups -OCH3 is 2. The zero-order valence-corrected chi connectivity index (χ0v) is 24.3. The molecule has 1 aromatic heterocycles. The average molecular weight is 585 g/mol. The van der Waals surface area contributed by atoms with E-state index in [9.17, 15) is 14.4 Å². The summed E-state index contributed by atoms with van der Waals surface area (Å²) in [6, 6.07) is 20.6. The van der Waals surface area contributed by atoms with Gasteiger partial charge in [-0.05, 0) is 48.4 Å². The molecule has 0 aliphatic carbocycles. The van der Waals surface area contributed by atoms with E-state index < -0.39 is 18.0 Å². The van der Waals surface area contributed by atoms with E-state index in [1.807, 2.05) is 30.3 Å². The van der Waals surface area contributed by atoms with Crippen molar-refractivity contribution in [2.75, 3.05) is 20.8 Å². The minimum absolute atomic E-state index is 0.145. The van der Waals surface area contributed by atoms with Crippen molar-refractivity contribution in [2.45, 2.75) is 19.9 Å². The number of benzene rings is 3. The van der Waals surface area contributed by atoms with Gasteiger partial charge in [-0.25, -0.2) is 9.79 Å². The zero-order valence-electron chi connectivity index (χ0n) is 23.5. The molecule has 0 N–H and O–H groups in total. The van der Waals surface area contributed by atoms with Crippen LogP contribution >= 0.6 is 11.3 Å². The Hall–Kier alpha value is -4.96. The zero-order chi connectivity index (χ0) is 29.8. The molecule has 3 aromatic carbocycles. The van der Waals surface area contributed by atoms with Crippen LogP contribution in [0.5, 0.6) is 17.2 Å². The fraction of sp³-hybridized carbons (Fsp3) is 0.188. The van der Waals surface area contributed by atoms with E-state index in [2.05, 4.69) is 0 Å². The van der Waals surface area contributed by atoms with Crippen LogP contribution in [-0.4, -0.2) is 37.3 Å². The van der Waals surface area contributed by atoms with Gasteiger partial charge in [0.2, 0.25) is 0 Å². The van der Waals surface area contributed by atoms with E-state index in [1.165, 1.54) is 37.0 Å². The van der Waals surface area contributed by atoms with Gasteiger partial charge in [0.15, 0.2) is 16.3 Å². The number of fused-ring (bicyclic) bond motifs is 1. The summed E-state index contributed by atoms with van der Waals surface area (Å²) in [5.74, 6) is 0.292. The van der Waals surface area contributed by atoms with E-state index in [-0.39, 0.29) is 17.7 Å². The van der Waals surface area contributed by atoms with Gasteiger partial charge in [0.05, 0.1) is 42.7 Å². The van der Waals surface area contributed by atoms with Gasteiger partial charge >= 0.3 is 11.9 Å². The number of aromatic nitrogens is 1. The topological polar surface area (TPSA) is 105 Å². The van der Waals surface area contributed by atoms with E-state index in [0.29, 0.717) is 49.0 Å². The summed E-state index contributed by atoms with van der Waals surface area (Å²) < 4.78 is 23.6. The first-order chi connectivity index (χ1) is 20.3. The second-order valence-electron chi connectivity index (χ2n) is 9.21. The molecule has 0 saturated carbocycles. The van der Waals surface area contributed by atoms with Crippen molar-refractivity contribution in [1.82, 2.24) is 4.57 Å². The summed E-state index contributed by atoms with van der Waals surface area (Å²) in [6.45, 7) is 3.20. The third-order valence-electron chi connectivity index (χ3n) is 6.51. The number of hydrogen-bond acceptors (Lipinski definition) is 9. The van der Waals surface area contributed by atoms with Crippen molar-refractivity contribution in [3.05, 3.63) is 115 Å². The summed E-state index contributed by atoms with van der Waals surface area (Å²) in [7, 11) is 3.06. The Labute approximate surface area is 245 Å². The monoisotopic (exact) mass is 584 g/mol. The lowest BCUT2D eigenvalue weighted by Crippen LogP contribution is -2.40. The quantitative estimate of drug-likeness (QED) is 0.229. The Kier molecular flexibility index (Phi) is 8.35. The van der Waals surface area contributed by atoms with Crippen molar-refractivity contribution in [3.8, 4) is 17.2 Å². The number of nitrogens with zero attached hydrogens (tertiary/aromatic N) is 2. The Morgan fingerprint density at radius 1 is 0.976 bits per heavy atom. The van der Waals surface area contributed by atoms with Crippen molar-refractivity contribution in [3.63, 3.8) is 0 Å². The van der Waals surface area contributed by atoms with Gasteiger partial charge in [0.25, 0.3) is 5.56 Å². The number of carbonyl (C=O) groups is 2. The number of carbonyl (C=O) groups excluding carboxylic acids is 2. The van der Waals surface area contributed by atoms with Gasteiger partial charge < -0.3 is 18.9 Å². The molecule has 0 radical (unpaired) electrons. The SMILES string of the molecule is CCOC(=O)C1=C(c2ccccc2)N=c2s/c(=C\c3cccc(OC(C)=O)c3)c(=O)n2[C@H]1c1ccc(OC)c(OC)c1. The van der Waals surface area contributed by atoms with E-state index >= 15 is 0 Å². The summed E-state index contributed by atoms with van der Waals surface area (Å²) in [5, 5.41) is 0. The molecule has 0 saturated heterocycles. The Morgan fingerprint density at radius 3 is 2.43 bits per heavy atom. The predicted molar refractivity (Wildman–Crippen MR) is 158 cm³/mol. The number of thiazole rings is 1. The highest BCUT2D eigenvalue weighted by atomic mass is 32.1. The number of hydrogen-bond donors (Lipinski definition) is 0. The molecule has 5 rings (SSSR count). The first-order valence-electron chi connectivity index (χ1n) is 13.1. The Balaban J connectivity index is 1.80. The molecule has 1 aliphatic rings. The molecule has 0 bridgehead atoms. The third-order valence-corrected chi connectivity index (χ3v) is 7.50. The summed E-state index contributed by atoms with van der Waals surface area (Å²) >= 11 is 1.20. The van der Waals surface area contributed by atoms with Crippen molar-refractivity contribution < 1.29 is 28.5 Å². The maximum atomic E-state index is 14.1. The van der Waals surface area contributed by atoms with Crippen LogP contribution < -0.4 is 29.1 Å². The fourth-order valence-corrected chi connectivity index (χ4v) is 5.76. The summed E-state index contributed by atoms with van der Waals surface area (Å²) in [6.07, 6.45) is 1.71. The summed E-state index contributed by atoms with van der Waals surface area (Å²) in [4.78, 5) is 44.4. The molecule has 42 heavy (non-hydrogen) atoms. The second kappa shape index (κ2) is 12.3. The molecule has 214 valence electrons. The molecule has 10 heteroatoms. The number of rotatable bonds is 8. The van der Waals surface area contributed by atoms with Gasteiger partial charge in [0, 0.05) is 12.5 Å². The van der Waals surface area contributed by atoms with E-state index in [0.717, 1.165) is 0 Å². The molecular weight excluding hydrogens is 556 g/mol. The lowest BCUT2D eigenvalue weighted by molar-refractivity contribution is -0.139. The van der Waals surface area contributed by atoms with Crippen LogP contribution in [0.15, 0.2) is 88.2 Å². The first kappa shape index (κ1) is 28.6. The molecular formula is C32H28N2O7S. The standard InChI is InChI=1S/C32H28N2O7S/c1-5-40-31(37)27-28(21-11-7-6-8-12-21)33-32-34(29(27)22-14-15-24(38-3)25(18-22)39-4)30(36)26(42-32)17-20-10-9-13-23(16-20)41-19(2)35/h6-18,29H,5H2,1-4H3/b26-17-/t29-/m0/s1. The van der Waals surface area contributed by atoms with Crippen LogP contribution in [0.4, 0.5) is 0 Å². The van der Waals surface area contributed by atoms with Crippen LogP contribution in [0.2, 0.25) is 0 Å². The van der Waals surface area contributed by atoms with E-state index in [4.69, 9.17) is 23.9 Å². The van der Waals surface area contributed by atoms with Crippen LogP contribution in [0, 0.1) is 0 Å². The largest absolute Gasteiger partial charge is 0.493 e. The van der Waals surface area contributed by atoms with Gasteiger partial charge in [-0.2, -0.15) is 0 Å². The van der Waals surface area contributed by atoms with Crippen LogP contribution in [0.1, 0.15) is 36.6 Å². The fourth-order valence-electron chi connectivity index (χ4n) is 4.76. The molecule has 1 aliphatic heterocycles. The smallest absolute Gasteiger partial charge is 0.338 e. The second-order valence-corrected chi connectivity index (χ2v) is 10.2. The van der Waals surface area contributed by atoms with Gasteiger partial charge in [-0.3, -0.25) is 14.2 Å². The minimum Gasteiger partial charge on any atom is -0.493 e. The number of ether oxygens (including phenoxy) is 4. The number of esters is 2. The Bertz CT molecular complexity index is 1870. The van der Waals surface area contributed by atoms with Crippen molar-refractivity contribution in [2.24, 2.45) is 4.99 Å². The van der Waals surface area contributed by atoms with Crippen LogP contribution in [0.25, 0.3) is 11.8 Å². The maximum Gasteiger partial charge on any atom is 0.338 e.